The molecule has 4 heteroatoms. The molecule has 1 aromatic rings. The minimum Gasteiger partial charge on any atom is -0.308 e. The fourth-order valence-corrected chi connectivity index (χ4v) is 3.65. The topological polar surface area (TPSA) is 50.9 Å². The summed E-state index contributed by atoms with van der Waals surface area (Å²) in [6.07, 6.45) is 7.24. The lowest BCUT2D eigenvalue weighted by Crippen LogP contribution is -2.15. The van der Waals surface area contributed by atoms with Gasteiger partial charge >= 0.3 is 0 Å². The lowest BCUT2D eigenvalue weighted by molar-refractivity contribution is 0.394. The van der Waals surface area contributed by atoms with Crippen LogP contribution in [-0.4, -0.2) is 10.2 Å². The highest BCUT2D eigenvalue weighted by Crippen LogP contribution is 2.36. The summed E-state index contributed by atoms with van der Waals surface area (Å²) in [6, 6.07) is 4.08. The van der Waals surface area contributed by atoms with E-state index in [0.29, 0.717) is 0 Å². The number of nitrogens with two attached hydrogens (primary N) is 1. The molecular formula is C12H19N3S. The Labute approximate surface area is 101 Å². The second kappa shape index (κ2) is 5.55. The normalized spacial score (nSPS) is 25.4. The highest BCUT2D eigenvalue weighted by Gasteiger charge is 2.19. The summed E-state index contributed by atoms with van der Waals surface area (Å²) in [7, 11) is 0. The lowest BCUT2D eigenvalue weighted by Gasteiger charge is -2.26. The van der Waals surface area contributed by atoms with Gasteiger partial charge in [0.15, 0.2) is 0 Å². The second-order valence-electron chi connectivity index (χ2n) is 4.53. The van der Waals surface area contributed by atoms with Crippen LogP contribution in [-0.2, 0) is 0 Å². The van der Waals surface area contributed by atoms with Gasteiger partial charge in [-0.05, 0) is 30.9 Å². The molecule has 88 valence electrons. The molecule has 1 aromatic heterocycles. The largest absolute Gasteiger partial charge is 0.308 e. The first-order valence-corrected chi connectivity index (χ1v) is 6.75. The van der Waals surface area contributed by atoms with Gasteiger partial charge in [0.1, 0.15) is 5.82 Å². The Balaban J connectivity index is 1.97. The predicted molar refractivity (Wildman–Crippen MR) is 69.3 cm³/mol. The fraction of sp³-hybridized carbons (Fsp3) is 0.583. The number of aromatic nitrogens is 1. The molecule has 1 aliphatic rings. The Hall–Kier alpha value is -0.740. The molecule has 0 spiro atoms. The Morgan fingerprint density at radius 2 is 2.38 bits per heavy atom. The van der Waals surface area contributed by atoms with Crippen LogP contribution in [0.3, 0.4) is 0 Å². The van der Waals surface area contributed by atoms with Crippen molar-refractivity contribution in [2.24, 2.45) is 11.8 Å². The fourth-order valence-electron chi connectivity index (χ4n) is 2.24. The highest BCUT2D eigenvalue weighted by molar-refractivity contribution is 8.00. The van der Waals surface area contributed by atoms with Crippen LogP contribution in [0.15, 0.2) is 23.2 Å². The molecule has 0 saturated heterocycles. The first kappa shape index (κ1) is 11.7. The average Bonchev–Trinajstić information content (AvgIpc) is 2.29. The van der Waals surface area contributed by atoms with E-state index in [1.165, 1.54) is 30.6 Å². The lowest BCUT2D eigenvalue weighted by atomic mass is 9.91. The van der Waals surface area contributed by atoms with Gasteiger partial charge < -0.3 is 5.43 Å². The number of rotatable bonds is 3. The maximum atomic E-state index is 5.35. The number of nitrogens with zero attached hydrogens (tertiary/aromatic N) is 1. The summed E-state index contributed by atoms with van der Waals surface area (Å²) in [4.78, 5) is 5.38. The average molecular weight is 237 g/mol. The van der Waals surface area contributed by atoms with Gasteiger partial charge in [-0.15, -0.1) is 11.8 Å². The third kappa shape index (κ3) is 3.12. The van der Waals surface area contributed by atoms with E-state index in [0.717, 1.165) is 17.0 Å². The molecule has 2 atom stereocenters. The summed E-state index contributed by atoms with van der Waals surface area (Å²) >= 11 is 1.96. The number of hydrogen-bond acceptors (Lipinski definition) is 4. The van der Waals surface area contributed by atoms with Crippen molar-refractivity contribution < 1.29 is 0 Å². The molecule has 2 unspecified atom stereocenters. The minimum absolute atomic E-state index is 0.744. The molecule has 1 aliphatic carbocycles. The third-order valence-corrected chi connectivity index (χ3v) is 4.36. The first-order valence-electron chi connectivity index (χ1n) is 5.87. The van der Waals surface area contributed by atoms with E-state index in [1.54, 1.807) is 0 Å². The van der Waals surface area contributed by atoms with Gasteiger partial charge in [0.05, 0.1) is 0 Å². The van der Waals surface area contributed by atoms with Gasteiger partial charge in [-0.2, -0.15) is 0 Å². The monoisotopic (exact) mass is 237 g/mol. The number of hydrazine groups is 1. The molecule has 2 rings (SSSR count). The van der Waals surface area contributed by atoms with E-state index in [-0.39, 0.29) is 0 Å². The van der Waals surface area contributed by atoms with Gasteiger partial charge in [0, 0.05) is 16.3 Å². The molecule has 0 amide bonds. The van der Waals surface area contributed by atoms with E-state index in [1.807, 2.05) is 24.0 Å². The zero-order valence-electron chi connectivity index (χ0n) is 9.65. The number of nitrogens with one attached hydrogen (secondary N) is 1. The van der Waals surface area contributed by atoms with Crippen LogP contribution in [0.25, 0.3) is 0 Å². The zero-order chi connectivity index (χ0) is 11.4. The molecule has 3 nitrogen and oxygen atoms in total. The van der Waals surface area contributed by atoms with Crippen molar-refractivity contribution in [3.05, 3.63) is 18.3 Å². The van der Waals surface area contributed by atoms with E-state index in [9.17, 15) is 0 Å². The molecule has 1 heterocycles. The van der Waals surface area contributed by atoms with E-state index >= 15 is 0 Å². The van der Waals surface area contributed by atoms with Crippen molar-refractivity contribution in [3.63, 3.8) is 0 Å². The van der Waals surface area contributed by atoms with Crippen molar-refractivity contribution in [2.75, 3.05) is 5.43 Å². The molecular weight excluding hydrogens is 218 g/mol. The molecule has 0 radical (unpaired) electrons. The molecule has 1 fully saturated rings. The van der Waals surface area contributed by atoms with Crippen LogP contribution in [0, 0.1) is 5.92 Å². The van der Waals surface area contributed by atoms with Crippen LogP contribution in [0.5, 0.6) is 0 Å². The summed E-state index contributed by atoms with van der Waals surface area (Å²) in [6.45, 7) is 2.35. The molecule has 16 heavy (non-hydrogen) atoms. The summed E-state index contributed by atoms with van der Waals surface area (Å²) < 4.78 is 0. The maximum Gasteiger partial charge on any atom is 0.140 e. The predicted octanol–water partition coefficient (Wildman–Crippen LogP) is 3.04. The van der Waals surface area contributed by atoms with E-state index in [2.05, 4.69) is 23.4 Å². The number of pyridine rings is 1. The van der Waals surface area contributed by atoms with Crippen LogP contribution >= 0.6 is 11.8 Å². The van der Waals surface area contributed by atoms with Gasteiger partial charge in [-0.3, -0.25) is 0 Å². The van der Waals surface area contributed by atoms with Crippen LogP contribution in [0.2, 0.25) is 0 Å². The van der Waals surface area contributed by atoms with Gasteiger partial charge in [-0.1, -0.05) is 19.8 Å². The second-order valence-corrected chi connectivity index (χ2v) is 5.91. The summed E-state index contributed by atoms with van der Waals surface area (Å²) in [5.74, 6) is 6.97. The third-order valence-electron chi connectivity index (χ3n) is 3.07. The summed E-state index contributed by atoms with van der Waals surface area (Å²) in [5, 5.41) is 0.761. The van der Waals surface area contributed by atoms with Crippen molar-refractivity contribution in [2.45, 2.75) is 42.8 Å². The Kier molecular flexibility index (Phi) is 4.07. The number of thioether (sulfide) groups is 1. The Morgan fingerprint density at radius 1 is 1.50 bits per heavy atom. The van der Waals surface area contributed by atoms with Crippen molar-refractivity contribution >= 4 is 17.6 Å². The highest BCUT2D eigenvalue weighted by atomic mass is 32.2. The Morgan fingerprint density at radius 3 is 3.12 bits per heavy atom. The minimum atomic E-state index is 0.744. The summed E-state index contributed by atoms with van der Waals surface area (Å²) in [5.41, 5.74) is 2.59. The maximum absolute atomic E-state index is 5.35. The van der Waals surface area contributed by atoms with Crippen molar-refractivity contribution in [1.29, 1.82) is 0 Å². The van der Waals surface area contributed by atoms with Gasteiger partial charge in [-0.25, -0.2) is 10.8 Å². The van der Waals surface area contributed by atoms with Gasteiger partial charge in [0.25, 0.3) is 0 Å². The SMILES string of the molecule is CC1CCCC(Sc2ccnc(NN)c2)C1. The smallest absolute Gasteiger partial charge is 0.140 e. The molecule has 1 saturated carbocycles. The van der Waals surface area contributed by atoms with E-state index < -0.39 is 0 Å². The van der Waals surface area contributed by atoms with E-state index in [4.69, 9.17) is 5.84 Å². The quantitative estimate of drug-likeness (QED) is 0.626. The van der Waals surface area contributed by atoms with Gasteiger partial charge in [0.2, 0.25) is 0 Å². The van der Waals surface area contributed by atoms with Crippen molar-refractivity contribution in [3.8, 4) is 0 Å². The Bertz CT molecular complexity index is 343. The molecule has 0 bridgehead atoms. The number of nitrogen functional groups attached to an aromatic ring is 1. The molecule has 3 N–H and O–H groups in total. The van der Waals surface area contributed by atoms with Crippen LogP contribution < -0.4 is 11.3 Å². The first-order chi connectivity index (χ1) is 7.78. The number of hydrogen-bond donors (Lipinski definition) is 2. The van der Waals surface area contributed by atoms with Crippen LogP contribution in [0.4, 0.5) is 5.82 Å². The molecule has 0 aromatic carbocycles. The van der Waals surface area contributed by atoms with Crippen LogP contribution in [0.1, 0.15) is 32.6 Å². The standard InChI is InChI=1S/C12H19N3S/c1-9-3-2-4-10(7-9)16-11-5-6-14-12(8-11)15-13/h5-6,8-10H,2-4,7,13H2,1H3,(H,14,15). The van der Waals surface area contributed by atoms with Crippen molar-refractivity contribution in [1.82, 2.24) is 4.98 Å². The number of anilines is 1. The zero-order valence-corrected chi connectivity index (χ0v) is 10.5. The molecule has 0 aliphatic heterocycles.